The lowest BCUT2D eigenvalue weighted by molar-refractivity contribution is -0.112. The molecule has 0 unspecified atom stereocenters. The van der Waals surface area contributed by atoms with Gasteiger partial charge in [-0.05, 0) is 11.6 Å². The molecule has 0 aliphatic rings. The fourth-order valence-corrected chi connectivity index (χ4v) is 1.84. The van der Waals surface area contributed by atoms with E-state index in [1.54, 1.807) is 0 Å². The summed E-state index contributed by atoms with van der Waals surface area (Å²) in [6.07, 6.45) is 0. The average Bonchev–Trinajstić information content (AvgIpc) is 2.47. The number of para-hydroxylation sites is 1. The van der Waals surface area contributed by atoms with Crippen molar-refractivity contribution >= 4 is 34.8 Å². The smallest absolute Gasteiger partial charge is 0.268 e. The zero-order valence-corrected chi connectivity index (χ0v) is 11.4. The van der Waals surface area contributed by atoms with E-state index in [1.165, 1.54) is 0 Å². The number of hydrogen-bond acceptors (Lipinski definition) is 1. The zero-order valence-electron chi connectivity index (χ0n) is 9.94. The maximum absolute atomic E-state index is 11.7. The van der Waals surface area contributed by atoms with Crippen LogP contribution in [0.25, 0.3) is 11.1 Å². The quantitative estimate of drug-likeness (QED) is 0.822. The fourth-order valence-electron chi connectivity index (χ4n) is 1.69. The van der Waals surface area contributed by atoms with Crippen LogP contribution in [0.15, 0.2) is 65.2 Å². The Morgan fingerprint density at radius 2 is 1.63 bits per heavy atom. The highest BCUT2D eigenvalue weighted by Gasteiger charge is 2.10. The van der Waals surface area contributed by atoms with Gasteiger partial charge in [-0.1, -0.05) is 71.7 Å². The molecule has 0 aliphatic heterocycles. The monoisotopic (exact) mass is 291 g/mol. The highest BCUT2D eigenvalue weighted by atomic mass is 35.5. The summed E-state index contributed by atoms with van der Waals surface area (Å²) in [4.78, 5) is 11.7. The van der Waals surface area contributed by atoms with Gasteiger partial charge < -0.3 is 5.32 Å². The summed E-state index contributed by atoms with van der Waals surface area (Å²) in [7, 11) is 0. The summed E-state index contributed by atoms with van der Waals surface area (Å²) in [5, 5.41) is 2.68. The van der Waals surface area contributed by atoms with Crippen molar-refractivity contribution in [3.8, 4) is 11.1 Å². The highest BCUT2D eigenvalue weighted by Crippen LogP contribution is 2.28. The SMILES string of the molecule is O=C(Nc1ccccc1-c1ccccc1)/C(Cl)=C/Cl. The summed E-state index contributed by atoms with van der Waals surface area (Å²) in [6, 6.07) is 17.3. The molecule has 2 rings (SSSR count). The van der Waals surface area contributed by atoms with Gasteiger partial charge in [0.15, 0.2) is 0 Å². The van der Waals surface area contributed by atoms with Crippen molar-refractivity contribution in [2.75, 3.05) is 5.32 Å². The van der Waals surface area contributed by atoms with E-state index in [0.717, 1.165) is 16.7 Å². The molecular formula is C15H11Cl2NO. The Kier molecular flexibility index (Phi) is 4.61. The Bertz CT molecular complexity index is 609. The van der Waals surface area contributed by atoms with Crippen molar-refractivity contribution in [2.45, 2.75) is 0 Å². The van der Waals surface area contributed by atoms with Gasteiger partial charge in [0.1, 0.15) is 5.03 Å². The summed E-state index contributed by atoms with van der Waals surface area (Å²) in [5.74, 6) is -0.431. The first-order valence-electron chi connectivity index (χ1n) is 5.64. The number of hydrogen-bond donors (Lipinski definition) is 1. The number of nitrogens with one attached hydrogen (secondary N) is 1. The number of carbonyl (C=O) groups excluding carboxylic acids is 1. The molecule has 0 atom stereocenters. The molecule has 0 fully saturated rings. The van der Waals surface area contributed by atoms with E-state index in [9.17, 15) is 4.79 Å². The Balaban J connectivity index is 2.35. The van der Waals surface area contributed by atoms with Crippen molar-refractivity contribution < 1.29 is 4.79 Å². The van der Waals surface area contributed by atoms with Gasteiger partial charge in [0, 0.05) is 16.8 Å². The number of anilines is 1. The van der Waals surface area contributed by atoms with E-state index in [-0.39, 0.29) is 5.03 Å². The predicted molar refractivity (Wildman–Crippen MR) is 80.3 cm³/mol. The number of halogens is 2. The van der Waals surface area contributed by atoms with Gasteiger partial charge in [-0.15, -0.1) is 0 Å². The molecule has 0 saturated heterocycles. The molecule has 0 aromatic heterocycles. The number of amides is 1. The van der Waals surface area contributed by atoms with Crippen LogP contribution in [-0.2, 0) is 4.79 Å². The third kappa shape index (κ3) is 3.37. The van der Waals surface area contributed by atoms with Crippen LogP contribution >= 0.6 is 23.2 Å². The standard InChI is InChI=1S/C15H11Cl2NO/c16-10-13(17)15(19)18-14-9-5-4-8-12(14)11-6-2-1-3-7-11/h1-10H,(H,18,19)/b13-10-. The van der Waals surface area contributed by atoms with Crippen molar-refractivity contribution in [1.82, 2.24) is 0 Å². The number of rotatable bonds is 3. The molecule has 0 radical (unpaired) electrons. The van der Waals surface area contributed by atoms with E-state index in [1.807, 2.05) is 54.6 Å². The van der Waals surface area contributed by atoms with Gasteiger partial charge in [-0.2, -0.15) is 0 Å². The predicted octanol–water partition coefficient (Wildman–Crippen LogP) is 4.61. The van der Waals surface area contributed by atoms with Gasteiger partial charge in [0.2, 0.25) is 0 Å². The summed E-state index contributed by atoms with van der Waals surface area (Å²) in [5.41, 5.74) is 3.68. The van der Waals surface area contributed by atoms with E-state index < -0.39 is 5.91 Å². The highest BCUT2D eigenvalue weighted by molar-refractivity contribution is 6.47. The molecule has 1 amide bonds. The van der Waals surface area contributed by atoms with Crippen LogP contribution in [-0.4, -0.2) is 5.91 Å². The first-order chi connectivity index (χ1) is 9.22. The molecule has 0 aliphatic carbocycles. The van der Waals surface area contributed by atoms with Crippen molar-refractivity contribution in [3.63, 3.8) is 0 Å². The van der Waals surface area contributed by atoms with Gasteiger partial charge in [-0.25, -0.2) is 0 Å². The topological polar surface area (TPSA) is 29.1 Å². The number of benzene rings is 2. The van der Waals surface area contributed by atoms with E-state index >= 15 is 0 Å². The van der Waals surface area contributed by atoms with Crippen LogP contribution < -0.4 is 5.32 Å². The second-order valence-corrected chi connectivity index (χ2v) is 4.45. The molecule has 96 valence electrons. The first-order valence-corrected chi connectivity index (χ1v) is 6.45. The Labute approximate surface area is 121 Å². The molecule has 4 heteroatoms. The van der Waals surface area contributed by atoms with Crippen LogP contribution in [0.2, 0.25) is 0 Å². The lowest BCUT2D eigenvalue weighted by atomic mass is 10.0. The third-order valence-corrected chi connectivity index (χ3v) is 3.18. The minimum atomic E-state index is -0.431. The van der Waals surface area contributed by atoms with E-state index in [0.29, 0.717) is 5.69 Å². The van der Waals surface area contributed by atoms with Crippen LogP contribution in [0.1, 0.15) is 0 Å². The molecular weight excluding hydrogens is 281 g/mol. The minimum absolute atomic E-state index is 0.0514. The molecule has 19 heavy (non-hydrogen) atoms. The molecule has 2 aromatic rings. The lowest BCUT2D eigenvalue weighted by Crippen LogP contribution is -2.11. The maximum atomic E-state index is 11.7. The van der Waals surface area contributed by atoms with Crippen LogP contribution in [0.3, 0.4) is 0 Å². The molecule has 2 nitrogen and oxygen atoms in total. The van der Waals surface area contributed by atoms with Gasteiger partial charge in [0.05, 0.1) is 0 Å². The maximum Gasteiger partial charge on any atom is 0.268 e. The Hall–Kier alpha value is -1.77. The van der Waals surface area contributed by atoms with Gasteiger partial charge in [0.25, 0.3) is 5.91 Å². The summed E-state index contributed by atoms with van der Waals surface area (Å²) < 4.78 is 0. The van der Waals surface area contributed by atoms with Crippen LogP contribution in [0.5, 0.6) is 0 Å². The van der Waals surface area contributed by atoms with E-state index in [4.69, 9.17) is 23.2 Å². The van der Waals surface area contributed by atoms with Gasteiger partial charge >= 0.3 is 0 Å². The molecule has 0 bridgehead atoms. The van der Waals surface area contributed by atoms with Crippen molar-refractivity contribution in [1.29, 1.82) is 0 Å². The lowest BCUT2D eigenvalue weighted by Gasteiger charge is -2.10. The van der Waals surface area contributed by atoms with Crippen LogP contribution in [0, 0.1) is 0 Å². The van der Waals surface area contributed by atoms with Crippen LogP contribution in [0.4, 0.5) is 5.69 Å². The summed E-state index contributed by atoms with van der Waals surface area (Å²) in [6.45, 7) is 0. The van der Waals surface area contributed by atoms with E-state index in [2.05, 4.69) is 5.32 Å². The third-order valence-electron chi connectivity index (χ3n) is 2.57. The molecule has 0 saturated carbocycles. The molecule has 0 heterocycles. The molecule has 1 N–H and O–H groups in total. The largest absolute Gasteiger partial charge is 0.321 e. The molecule has 0 spiro atoms. The second-order valence-electron chi connectivity index (χ2n) is 3.82. The second kappa shape index (κ2) is 6.41. The van der Waals surface area contributed by atoms with Gasteiger partial charge in [-0.3, -0.25) is 4.79 Å². The fraction of sp³-hybridized carbons (Fsp3) is 0. The minimum Gasteiger partial charge on any atom is -0.321 e. The summed E-state index contributed by atoms with van der Waals surface area (Å²) >= 11 is 11.1. The Morgan fingerprint density at radius 3 is 2.32 bits per heavy atom. The van der Waals surface area contributed by atoms with Crippen molar-refractivity contribution in [3.05, 3.63) is 65.2 Å². The number of carbonyl (C=O) groups is 1. The first kappa shape index (κ1) is 13.7. The normalized spacial score (nSPS) is 11.2. The Morgan fingerprint density at radius 1 is 1.00 bits per heavy atom. The zero-order chi connectivity index (χ0) is 13.7. The van der Waals surface area contributed by atoms with Crippen molar-refractivity contribution in [2.24, 2.45) is 0 Å². The average molecular weight is 292 g/mol. The molecule has 2 aromatic carbocycles.